The maximum absolute atomic E-state index is 12.5. The summed E-state index contributed by atoms with van der Waals surface area (Å²) in [6.45, 7) is 6.49. The van der Waals surface area contributed by atoms with Gasteiger partial charge in [0.05, 0.1) is 42.2 Å². The van der Waals surface area contributed by atoms with Gasteiger partial charge in [0, 0.05) is 31.4 Å². The molecule has 1 aromatic heterocycles. The molecule has 4 rings (SSSR count). The van der Waals surface area contributed by atoms with E-state index in [9.17, 15) is 4.79 Å². The molecule has 0 aromatic carbocycles. The summed E-state index contributed by atoms with van der Waals surface area (Å²) in [5.74, 6) is 0. The molecule has 3 aliphatic heterocycles. The van der Waals surface area contributed by atoms with Crippen LogP contribution < -0.4 is 0 Å². The Morgan fingerprint density at radius 2 is 2.25 bits per heavy atom. The second kappa shape index (κ2) is 6.61. The molecular formula is C17H25N3O3S. The quantitative estimate of drug-likeness (QED) is 0.839. The first-order chi connectivity index (χ1) is 11.6. The Balaban J connectivity index is 1.28. The lowest BCUT2D eigenvalue weighted by atomic mass is 9.98. The Kier molecular flexibility index (Phi) is 4.49. The van der Waals surface area contributed by atoms with E-state index in [0.29, 0.717) is 19.8 Å². The van der Waals surface area contributed by atoms with Crippen molar-refractivity contribution in [1.29, 1.82) is 0 Å². The summed E-state index contributed by atoms with van der Waals surface area (Å²) in [5.41, 5.74) is 0.800. The van der Waals surface area contributed by atoms with Crippen LogP contribution in [0.25, 0.3) is 0 Å². The summed E-state index contributed by atoms with van der Waals surface area (Å²) in [6.07, 6.45) is 4.16. The fraction of sp³-hybridized carbons (Fsp3) is 0.765. The number of thiazole rings is 1. The van der Waals surface area contributed by atoms with Crippen LogP contribution in [0.3, 0.4) is 0 Å². The Hall–Kier alpha value is -1.18. The van der Waals surface area contributed by atoms with E-state index < -0.39 is 0 Å². The molecule has 132 valence electrons. The van der Waals surface area contributed by atoms with Gasteiger partial charge in [-0.2, -0.15) is 0 Å². The lowest BCUT2D eigenvalue weighted by Gasteiger charge is -2.26. The molecule has 1 aromatic rings. The number of aryl methyl sites for hydroxylation is 1. The van der Waals surface area contributed by atoms with Crippen LogP contribution in [-0.2, 0) is 16.1 Å². The number of likely N-dealkylation sites (tertiary alicyclic amines) is 2. The summed E-state index contributed by atoms with van der Waals surface area (Å²) in [4.78, 5) is 20.9. The molecule has 2 atom stereocenters. The van der Waals surface area contributed by atoms with Crippen LogP contribution in [0.5, 0.6) is 0 Å². The van der Waals surface area contributed by atoms with E-state index in [1.165, 1.54) is 0 Å². The average molecular weight is 351 g/mol. The molecule has 3 fully saturated rings. The monoisotopic (exact) mass is 351 g/mol. The summed E-state index contributed by atoms with van der Waals surface area (Å²) >= 11 is 1.65. The van der Waals surface area contributed by atoms with Crippen LogP contribution in [0.15, 0.2) is 5.38 Å². The second-order valence-corrected chi connectivity index (χ2v) is 8.20. The van der Waals surface area contributed by atoms with E-state index in [2.05, 4.69) is 4.98 Å². The Morgan fingerprint density at radius 1 is 1.42 bits per heavy atom. The Labute approximate surface area is 146 Å². The van der Waals surface area contributed by atoms with E-state index >= 15 is 0 Å². The molecule has 0 radical (unpaired) electrons. The smallest absolute Gasteiger partial charge is 0.320 e. The first-order valence-electron chi connectivity index (χ1n) is 8.84. The predicted octanol–water partition coefficient (Wildman–Crippen LogP) is 2.42. The number of hydrogen-bond donors (Lipinski definition) is 0. The Bertz CT molecular complexity index is 602. The molecule has 0 bridgehead atoms. The van der Waals surface area contributed by atoms with Gasteiger partial charge in [0.25, 0.3) is 0 Å². The molecule has 3 saturated heterocycles. The van der Waals surface area contributed by atoms with Gasteiger partial charge in [-0.05, 0) is 26.2 Å². The third-order valence-corrected chi connectivity index (χ3v) is 6.09. The van der Waals surface area contributed by atoms with Crippen molar-refractivity contribution < 1.29 is 14.3 Å². The van der Waals surface area contributed by atoms with Gasteiger partial charge in [0.1, 0.15) is 0 Å². The number of urea groups is 1. The number of ether oxygens (including phenoxy) is 2. The lowest BCUT2D eigenvalue weighted by molar-refractivity contribution is 0.000605. The van der Waals surface area contributed by atoms with Crippen molar-refractivity contribution in [3.63, 3.8) is 0 Å². The fourth-order valence-electron chi connectivity index (χ4n) is 3.99. The highest BCUT2D eigenvalue weighted by atomic mass is 32.1. The molecule has 4 heterocycles. The molecule has 3 aliphatic rings. The normalized spacial score (nSPS) is 30.0. The van der Waals surface area contributed by atoms with Gasteiger partial charge in [-0.25, -0.2) is 9.78 Å². The number of aromatic nitrogens is 1. The van der Waals surface area contributed by atoms with Crippen LogP contribution in [-0.4, -0.2) is 65.3 Å². The minimum Gasteiger partial charge on any atom is -0.370 e. The molecule has 2 amide bonds. The fourth-order valence-corrected chi connectivity index (χ4v) is 4.59. The van der Waals surface area contributed by atoms with E-state index in [1.54, 1.807) is 11.3 Å². The van der Waals surface area contributed by atoms with Crippen molar-refractivity contribution in [1.82, 2.24) is 14.8 Å². The van der Waals surface area contributed by atoms with Crippen molar-refractivity contribution in [2.24, 2.45) is 0 Å². The maximum Gasteiger partial charge on any atom is 0.320 e. The van der Waals surface area contributed by atoms with Crippen molar-refractivity contribution in [3.05, 3.63) is 16.1 Å². The molecular weight excluding hydrogens is 326 g/mol. The van der Waals surface area contributed by atoms with Crippen molar-refractivity contribution >= 4 is 17.4 Å². The van der Waals surface area contributed by atoms with Crippen molar-refractivity contribution in [2.45, 2.75) is 50.9 Å². The van der Waals surface area contributed by atoms with Crippen LogP contribution in [0.4, 0.5) is 4.79 Å². The standard InChI is InChI=1S/C17H25N3O3S/c1-13-18-14(11-24-13)9-22-15-8-17(23-10-15)4-7-20(12-17)16(21)19-5-2-3-6-19/h11,15H,2-10,12H2,1H3/t15-,17+/m1/s1. The molecule has 7 heteroatoms. The minimum absolute atomic E-state index is 0.105. The van der Waals surface area contributed by atoms with Crippen LogP contribution in [0.1, 0.15) is 36.4 Å². The average Bonchev–Trinajstić information content (AvgIpc) is 3.34. The minimum atomic E-state index is -0.196. The zero-order chi connectivity index (χ0) is 16.6. The number of rotatable bonds is 3. The number of carbonyl (C=O) groups excluding carboxylic acids is 1. The molecule has 0 unspecified atom stereocenters. The van der Waals surface area contributed by atoms with E-state index in [0.717, 1.165) is 56.0 Å². The molecule has 0 aliphatic carbocycles. The van der Waals surface area contributed by atoms with E-state index in [-0.39, 0.29) is 17.7 Å². The number of amides is 2. The van der Waals surface area contributed by atoms with E-state index in [4.69, 9.17) is 9.47 Å². The summed E-state index contributed by atoms with van der Waals surface area (Å²) in [5, 5.41) is 3.12. The number of nitrogens with zero attached hydrogens (tertiary/aromatic N) is 3. The SMILES string of the molecule is Cc1nc(CO[C@H]2CO[C@@]3(CCN(C(=O)N4CCCC4)C3)C2)cs1. The van der Waals surface area contributed by atoms with Crippen LogP contribution >= 0.6 is 11.3 Å². The third-order valence-electron chi connectivity index (χ3n) is 5.27. The van der Waals surface area contributed by atoms with Gasteiger partial charge in [0.15, 0.2) is 0 Å². The van der Waals surface area contributed by atoms with Gasteiger partial charge in [0.2, 0.25) is 0 Å². The van der Waals surface area contributed by atoms with Crippen LogP contribution in [0.2, 0.25) is 0 Å². The van der Waals surface area contributed by atoms with Gasteiger partial charge >= 0.3 is 6.03 Å². The number of carbonyl (C=O) groups is 1. The van der Waals surface area contributed by atoms with Crippen molar-refractivity contribution in [2.75, 3.05) is 32.8 Å². The highest BCUT2D eigenvalue weighted by Crippen LogP contribution is 2.37. The van der Waals surface area contributed by atoms with Gasteiger partial charge < -0.3 is 19.3 Å². The Morgan fingerprint density at radius 3 is 3.00 bits per heavy atom. The second-order valence-electron chi connectivity index (χ2n) is 7.14. The van der Waals surface area contributed by atoms with Gasteiger partial charge in [-0.3, -0.25) is 0 Å². The predicted molar refractivity (Wildman–Crippen MR) is 91.1 cm³/mol. The number of hydrogen-bond acceptors (Lipinski definition) is 5. The van der Waals surface area contributed by atoms with E-state index in [1.807, 2.05) is 22.1 Å². The molecule has 24 heavy (non-hydrogen) atoms. The first-order valence-corrected chi connectivity index (χ1v) is 9.72. The topological polar surface area (TPSA) is 54.9 Å². The largest absolute Gasteiger partial charge is 0.370 e. The van der Waals surface area contributed by atoms with Crippen LogP contribution in [0, 0.1) is 6.92 Å². The maximum atomic E-state index is 12.5. The summed E-state index contributed by atoms with van der Waals surface area (Å²) in [7, 11) is 0. The van der Waals surface area contributed by atoms with Crippen molar-refractivity contribution in [3.8, 4) is 0 Å². The highest BCUT2D eigenvalue weighted by Gasteiger charge is 2.47. The highest BCUT2D eigenvalue weighted by molar-refractivity contribution is 7.09. The first kappa shape index (κ1) is 16.3. The molecule has 0 saturated carbocycles. The lowest BCUT2D eigenvalue weighted by Crippen LogP contribution is -2.43. The molecule has 0 N–H and O–H groups in total. The third kappa shape index (κ3) is 3.30. The zero-order valence-electron chi connectivity index (χ0n) is 14.2. The zero-order valence-corrected chi connectivity index (χ0v) is 15.0. The molecule has 1 spiro atoms. The molecule has 6 nitrogen and oxygen atoms in total. The summed E-state index contributed by atoms with van der Waals surface area (Å²) in [6, 6.07) is 0.190. The van der Waals surface area contributed by atoms with Gasteiger partial charge in [-0.1, -0.05) is 0 Å². The summed E-state index contributed by atoms with van der Waals surface area (Å²) < 4.78 is 12.1. The van der Waals surface area contributed by atoms with Gasteiger partial charge in [-0.15, -0.1) is 11.3 Å².